The molecule has 0 spiro atoms. The van der Waals surface area contributed by atoms with Crippen LogP contribution in [0.2, 0.25) is 0 Å². The van der Waals surface area contributed by atoms with Gasteiger partial charge in [-0.2, -0.15) is 0 Å². The topological polar surface area (TPSA) is 35.6 Å². The van der Waals surface area contributed by atoms with Gasteiger partial charge in [-0.1, -0.05) is 20.3 Å². The highest BCUT2D eigenvalue weighted by Gasteiger charge is 2.33. The number of rotatable bonds is 6. The molecule has 0 aromatic carbocycles. The van der Waals surface area contributed by atoms with Gasteiger partial charge in [0.1, 0.15) is 0 Å². The Balaban J connectivity index is 1.69. The van der Waals surface area contributed by atoms with E-state index in [9.17, 15) is 4.79 Å². The number of nitrogens with one attached hydrogen (secondary N) is 1. The summed E-state index contributed by atoms with van der Waals surface area (Å²) < 4.78 is 0. The molecule has 0 saturated carbocycles. The fourth-order valence-corrected chi connectivity index (χ4v) is 2.93. The fourth-order valence-electron chi connectivity index (χ4n) is 2.93. The first-order valence-electron chi connectivity index (χ1n) is 7.47. The van der Waals surface area contributed by atoms with E-state index < -0.39 is 0 Å². The fraction of sp³-hybridized carbons (Fsp3) is 0.929. The zero-order valence-corrected chi connectivity index (χ0v) is 11.8. The number of hydrogen-bond acceptors (Lipinski definition) is 3. The molecule has 0 aromatic heterocycles. The van der Waals surface area contributed by atoms with Gasteiger partial charge in [0.15, 0.2) is 0 Å². The van der Waals surface area contributed by atoms with Crippen LogP contribution in [0.5, 0.6) is 0 Å². The first kappa shape index (κ1) is 13.8. The number of likely N-dealkylation sites (tertiary alicyclic amines) is 1. The van der Waals surface area contributed by atoms with Gasteiger partial charge in [0.25, 0.3) is 0 Å². The first-order chi connectivity index (χ1) is 8.72. The van der Waals surface area contributed by atoms with Crippen molar-refractivity contribution in [3.8, 4) is 0 Å². The maximum absolute atomic E-state index is 12.2. The lowest BCUT2D eigenvalue weighted by Gasteiger charge is -2.20. The summed E-state index contributed by atoms with van der Waals surface area (Å²) in [6.45, 7) is 9.61. The van der Waals surface area contributed by atoms with Crippen LogP contribution in [0.25, 0.3) is 0 Å². The summed E-state index contributed by atoms with van der Waals surface area (Å²) in [5.74, 6) is 0.756. The lowest BCUT2D eigenvalue weighted by atomic mass is 9.99. The Hall–Kier alpha value is -0.610. The summed E-state index contributed by atoms with van der Waals surface area (Å²) in [7, 11) is 0. The van der Waals surface area contributed by atoms with Crippen molar-refractivity contribution in [2.24, 2.45) is 5.92 Å². The molecule has 2 aliphatic heterocycles. The van der Waals surface area contributed by atoms with Crippen LogP contribution < -0.4 is 5.32 Å². The molecule has 2 atom stereocenters. The highest BCUT2D eigenvalue weighted by molar-refractivity contribution is 5.84. The van der Waals surface area contributed by atoms with Gasteiger partial charge in [-0.3, -0.25) is 10.1 Å². The van der Waals surface area contributed by atoms with Crippen molar-refractivity contribution < 1.29 is 4.79 Å². The van der Waals surface area contributed by atoms with Gasteiger partial charge >= 0.3 is 0 Å². The quantitative estimate of drug-likeness (QED) is 0.774. The van der Waals surface area contributed by atoms with E-state index in [2.05, 4.69) is 24.1 Å². The van der Waals surface area contributed by atoms with Crippen molar-refractivity contribution in [2.75, 3.05) is 32.8 Å². The number of amides is 1. The summed E-state index contributed by atoms with van der Waals surface area (Å²) >= 11 is 0. The predicted molar refractivity (Wildman–Crippen MR) is 73.2 cm³/mol. The first-order valence-corrected chi connectivity index (χ1v) is 7.47. The average molecular weight is 253 g/mol. The molecule has 2 rings (SSSR count). The molecule has 2 fully saturated rings. The minimum Gasteiger partial charge on any atom is -0.328 e. The normalized spacial score (nSPS) is 27.1. The summed E-state index contributed by atoms with van der Waals surface area (Å²) in [5, 5.41) is 3.35. The van der Waals surface area contributed by atoms with Gasteiger partial charge in [0.05, 0.1) is 12.7 Å². The van der Waals surface area contributed by atoms with Gasteiger partial charge in [0, 0.05) is 6.54 Å². The van der Waals surface area contributed by atoms with Crippen molar-refractivity contribution in [2.45, 2.75) is 45.6 Å². The van der Waals surface area contributed by atoms with E-state index >= 15 is 0 Å². The van der Waals surface area contributed by atoms with Gasteiger partial charge in [-0.15, -0.1) is 0 Å². The number of hydrogen-bond donors (Lipinski definition) is 1. The standard InChI is InChI=1S/C14H27N3O/c1-3-12(2)13-14(18)17(11-15-13)10-6-9-16-7-4-5-8-16/h12-13,15H,3-11H2,1-2H3. The molecule has 4 heteroatoms. The summed E-state index contributed by atoms with van der Waals surface area (Å²) in [6, 6.07) is 0.0572. The zero-order valence-electron chi connectivity index (χ0n) is 11.8. The van der Waals surface area contributed by atoms with Crippen LogP contribution >= 0.6 is 0 Å². The number of carbonyl (C=O) groups excluding carboxylic acids is 1. The van der Waals surface area contributed by atoms with Crippen LogP contribution in [0, 0.1) is 5.92 Å². The van der Waals surface area contributed by atoms with E-state index in [4.69, 9.17) is 0 Å². The van der Waals surface area contributed by atoms with E-state index in [1.807, 2.05) is 4.90 Å². The average Bonchev–Trinajstić information content (AvgIpc) is 3.00. The highest BCUT2D eigenvalue weighted by Crippen LogP contribution is 2.15. The van der Waals surface area contributed by atoms with Crippen molar-refractivity contribution in [3.63, 3.8) is 0 Å². The summed E-state index contributed by atoms with van der Waals surface area (Å²) in [5.41, 5.74) is 0. The van der Waals surface area contributed by atoms with E-state index in [0.717, 1.165) is 32.6 Å². The lowest BCUT2D eigenvalue weighted by Crippen LogP contribution is -2.36. The Bertz CT molecular complexity index is 276. The predicted octanol–water partition coefficient (Wildman–Crippen LogP) is 1.28. The van der Waals surface area contributed by atoms with Crippen LogP contribution in [-0.4, -0.2) is 54.6 Å². The minimum absolute atomic E-state index is 0.0572. The highest BCUT2D eigenvalue weighted by atomic mass is 16.2. The molecule has 1 amide bonds. The van der Waals surface area contributed by atoms with E-state index in [1.54, 1.807) is 0 Å². The van der Waals surface area contributed by atoms with Crippen LogP contribution in [0.15, 0.2) is 0 Å². The molecule has 0 aliphatic carbocycles. The maximum atomic E-state index is 12.2. The van der Waals surface area contributed by atoms with E-state index in [0.29, 0.717) is 11.8 Å². The molecule has 104 valence electrons. The van der Waals surface area contributed by atoms with Crippen LogP contribution in [-0.2, 0) is 4.79 Å². The van der Waals surface area contributed by atoms with Gasteiger partial charge in [-0.25, -0.2) is 0 Å². The molecule has 2 heterocycles. The van der Waals surface area contributed by atoms with E-state index in [-0.39, 0.29) is 6.04 Å². The van der Waals surface area contributed by atoms with Crippen molar-refractivity contribution in [1.82, 2.24) is 15.1 Å². The smallest absolute Gasteiger partial charge is 0.241 e. The number of carbonyl (C=O) groups is 1. The second kappa shape index (κ2) is 6.53. The Kier molecular flexibility index (Phi) is 5.01. The molecule has 2 unspecified atom stereocenters. The SMILES string of the molecule is CCC(C)C1NCN(CCCN2CCCC2)C1=O. The Labute approximate surface area is 111 Å². The second-order valence-electron chi connectivity index (χ2n) is 5.73. The molecular weight excluding hydrogens is 226 g/mol. The largest absolute Gasteiger partial charge is 0.328 e. The monoisotopic (exact) mass is 253 g/mol. The molecule has 18 heavy (non-hydrogen) atoms. The lowest BCUT2D eigenvalue weighted by molar-refractivity contribution is -0.129. The van der Waals surface area contributed by atoms with Gasteiger partial charge < -0.3 is 9.80 Å². The molecule has 4 nitrogen and oxygen atoms in total. The Morgan fingerprint density at radius 3 is 2.72 bits per heavy atom. The molecule has 2 aliphatic rings. The maximum Gasteiger partial charge on any atom is 0.241 e. The zero-order chi connectivity index (χ0) is 13.0. The van der Waals surface area contributed by atoms with Crippen molar-refractivity contribution >= 4 is 5.91 Å². The van der Waals surface area contributed by atoms with Gasteiger partial charge in [-0.05, 0) is 44.8 Å². The number of nitrogens with zero attached hydrogens (tertiary/aromatic N) is 2. The molecular formula is C14H27N3O. The molecule has 2 saturated heterocycles. The summed E-state index contributed by atoms with van der Waals surface area (Å²) in [6.07, 6.45) is 4.87. The second-order valence-corrected chi connectivity index (χ2v) is 5.73. The molecule has 0 bridgehead atoms. The van der Waals surface area contributed by atoms with Crippen LogP contribution in [0.4, 0.5) is 0 Å². The third-order valence-corrected chi connectivity index (χ3v) is 4.39. The third kappa shape index (κ3) is 3.23. The van der Waals surface area contributed by atoms with E-state index in [1.165, 1.54) is 25.9 Å². The third-order valence-electron chi connectivity index (χ3n) is 4.39. The Morgan fingerprint density at radius 1 is 1.33 bits per heavy atom. The van der Waals surface area contributed by atoms with Crippen molar-refractivity contribution in [3.05, 3.63) is 0 Å². The molecule has 0 radical (unpaired) electrons. The van der Waals surface area contributed by atoms with Crippen LogP contribution in [0.1, 0.15) is 39.5 Å². The summed E-state index contributed by atoms with van der Waals surface area (Å²) in [4.78, 5) is 16.7. The molecule has 0 aromatic rings. The van der Waals surface area contributed by atoms with Crippen LogP contribution in [0.3, 0.4) is 0 Å². The van der Waals surface area contributed by atoms with Crippen molar-refractivity contribution in [1.29, 1.82) is 0 Å². The minimum atomic E-state index is 0.0572. The molecule has 1 N–H and O–H groups in total. The Morgan fingerprint density at radius 2 is 2.06 bits per heavy atom. The van der Waals surface area contributed by atoms with Gasteiger partial charge in [0.2, 0.25) is 5.91 Å².